The van der Waals surface area contributed by atoms with Crippen LogP contribution in [0.15, 0.2) is 46.5 Å². The van der Waals surface area contributed by atoms with Crippen molar-refractivity contribution >= 4 is 56.0 Å². The van der Waals surface area contributed by atoms with Crippen molar-refractivity contribution in [3.8, 4) is 0 Å². The van der Waals surface area contributed by atoms with Crippen LogP contribution >= 0.6 is 23.4 Å². The molecule has 0 unspecified atom stereocenters. The van der Waals surface area contributed by atoms with E-state index in [-0.39, 0.29) is 21.6 Å². The maximum atomic E-state index is 13.2. The molecule has 0 atom stereocenters. The van der Waals surface area contributed by atoms with Crippen LogP contribution in [0.4, 0.5) is 10.1 Å². The summed E-state index contributed by atoms with van der Waals surface area (Å²) >= 11 is 6.90. The van der Waals surface area contributed by atoms with Crippen molar-refractivity contribution in [3.63, 3.8) is 0 Å². The fourth-order valence-electron chi connectivity index (χ4n) is 2.58. The Morgan fingerprint density at radius 3 is 2.71 bits per heavy atom. The highest BCUT2D eigenvalue weighted by Gasteiger charge is 2.15. The number of thioether (sulfide) groups is 1. The molecule has 3 N–H and O–H groups in total. The number of fused-ring (bicyclic) bond motifs is 1. The number of primary sulfonamides is 1. The van der Waals surface area contributed by atoms with Crippen molar-refractivity contribution in [3.05, 3.63) is 47.2 Å². The van der Waals surface area contributed by atoms with E-state index in [1.165, 1.54) is 42.1 Å². The fourth-order valence-corrected chi connectivity index (χ4v) is 4.17. The zero-order chi connectivity index (χ0) is 20.5. The van der Waals surface area contributed by atoms with E-state index >= 15 is 0 Å². The number of benzene rings is 2. The van der Waals surface area contributed by atoms with Gasteiger partial charge in [-0.05, 0) is 43.3 Å². The fraction of sp³-hybridized carbons (Fsp3) is 0.176. The number of nitrogens with zero attached hydrogens (tertiary/aromatic N) is 2. The van der Waals surface area contributed by atoms with E-state index in [1.807, 2.05) is 11.5 Å². The lowest BCUT2D eigenvalue weighted by Gasteiger charge is -2.07. The Labute approximate surface area is 170 Å². The molecule has 11 heteroatoms. The van der Waals surface area contributed by atoms with Gasteiger partial charge < -0.3 is 9.88 Å². The Kier molecular flexibility index (Phi) is 5.94. The Morgan fingerprint density at radius 2 is 2.07 bits per heavy atom. The van der Waals surface area contributed by atoms with Gasteiger partial charge in [0.1, 0.15) is 5.82 Å². The number of aryl methyl sites for hydroxylation is 1. The van der Waals surface area contributed by atoms with Gasteiger partial charge >= 0.3 is 0 Å². The topological polar surface area (TPSA) is 107 Å². The molecule has 0 aliphatic rings. The quantitative estimate of drug-likeness (QED) is 0.570. The average molecular weight is 443 g/mol. The highest BCUT2D eigenvalue weighted by Crippen LogP contribution is 2.26. The molecule has 2 aromatic carbocycles. The van der Waals surface area contributed by atoms with Crippen LogP contribution in [0.2, 0.25) is 5.02 Å². The van der Waals surface area contributed by atoms with E-state index in [9.17, 15) is 17.6 Å². The normalized spacial score (nSPS) is 11.7. The third kappa shape index (κ3) is 4.46. The second kappa shape index (κ2) is 8.08. The van der Waals surface area contributed by atoms with Crippen LogP contribution in [-0.4, -0.2) is 29.6 Å². The lowest BCUT2D eigenvalue weighted by atomic mass is 10.3. The van der Waals surface area contributed by atoms with Gasteiger partial charge in [-0.25, -0.2) is 22.9 Å². The summed E-state index contributed by atoms with van der Waals surface area (Å²) in [4.78, 5) is 16.6. The molecule has 0 radical (unpaired) electrons. The van der Waals surface area contributed by atoms with Crippen LogP contribution in [0.1, 0.15) is 6.92 Å². The number of anilines is 1. The zero-order valence-corrected chi connectivity index (χ0v) is 17.0. The van der Waals surface area contributed by atoms with E-state index in [4.69, 9.17) is 16.7 Å². The molecule has 0 saturated carbocycles. The molecule has 7 nitrogen and oxygen atoms in total. The summed E-state index contributed by atoms with van der Waals surface area (Å²) in [6, 6.07) is 8.38. The molecule has 0 aliphatic heterocycles. The van der Waals surface area contributed by atoms with Crippen LogP contribution in [0, 0.1) is 5.82 Å². The van der Waals surface area contributed by atoms with Crippen molar-refractivity contribution < 1.29 is 17.6 Å². The summed E-state index contributed by atoms with van der Waals surface area (Å²) in [5, 5.41) is 8.29. The molecular formula is C17H16ClFN4O3S2. The molecule has 0 saturated heterocycles. The highest BCUT2D eigenvalue weighted by atomic mass is 35.5. The lowest BCUT2D eigenvalue weighted by molar-refractivity contribution is -0.113. The Balaban J connectivity index is 1.77. The van der Waals surface area contributed by atoms with Gasteiger partial charge in [0.15, 0.2) is 5.16 Å². The number of carbonyl (C=O) groups is 1. The van der Waals surface area contributed by atoms with Gasteiger partial charge in [0, 0.05) is 12.2 Å². The van der Waals surface area contributed by atoms with Gasteiger partial charge in [0.25, 0.3) is 0 Å². The smallest absolute Gasteiger partial charge is 0.238 e. The molecular weight excluding hydrogens is 427 g/mol. The molecule has 0 bridgehead atoms. The number of halogens is 2. The third-order valence-corrected chi connectivity index (χ3v) is 6.04. The molecule has 1 heterocycles. The van der Waals surface area contributed by atoms with Crippen LogP contribution in [0.25, 0.3) is 11.0 Å². The number of hydrogen-bond donors (Lipinski definition) is 2. The monoisotopic (exact) mass is 442 g/mol. The van der Waals surface area contributed by atoms with Gasteiger partial charge in [-0.3, -0.25) is 4.79 Å². The van der Waals surface area contributed by atoms with Crippen molar-refractivity contribution in [2.75, 3.05) is 11.1 Å². The SMILES string of the molecule is CCn1c(SCC(=O)Nc2ccc(F)c(Cl)c2)nc2cc(S(N)(=O)=O)ccc21. The molecule has 0 aliphatic carbocycles. The Bertz CT molecular complexity index is 1160. The van der Waals surface area contributed by atoms with E-state index in [1.54, 1.807) is 6.07 Å². The summed E-state index contributed by atoms with van der Waals surface area (Å²) in [7, 11) is -3.83. The Hall–Kier alpha value is -2.14. The Morgan fingerprint density at radius 1 is 1.32 bits per heavy atom. The zero-order valence-electron chi connectivity index (χ0n) is 14.6. The summed E-state index contributed by atoms with van der Waals surface area (Å²) < 4.78 is 38.1. The minimum Gasteiger partial charge on any atom is -0.325 e. The summed E-state index contributed by atoms with van der Waals surface area (Å²) in [6.45, 7) is 2.50. The van der Waals surface area contributed by atoms with E-state index < -0.39 is 15.8 Å². The van der Waals surface area contributed by atoms with Gasteiger partial charge in [-0.15, -0.1) is 0 Å². The molecule has 148 valence electrons. The molecule has 1 aromatic heterocycles. The van der Waals surface area contributed by atoms with Crippen molar-refractivity contribution in [2.24, 2.45) is 5.14 Å². The number of aromatic nitrogens is 2. The lowest BCUT2D eigenvalue weighted by Crippen LogP contribution is -2.14. The first-order valence-electron chi connectivity index (χ1n) is 8.10. The first-order chi connectivity index (χ1) is 13.2. The van der Waals surface area contributed by atoms with Crippen LogP contribution in [0.3, 0.4) is 0 Å². The molecule has 3 aromatic rings. The van der Waals surface area contributed by atoms with Crippen LogP contribution in [0.5, 0.6) is 0 Å². The van der Waals surface area contributed by atoms with Gasteiger partial charge in [0.2, 0.25) is 15.9 Å². The second-order valence-electron chi connectivity index (χ2n) is 5.80. The first kappa shape index (κ1) is 20.6. The number of carbonyl (C=O) groups excluding carboxylic acids is 1. The minimum atomic E-state index is -3.83. The minimum absolute atomic E-state index is 0.0248. The molecule has 3 rings (SSSR count). The second-order valence-corrected chi connectivity index (χ2v) is 8.71. The molecule has 0 fully saturated rings. The first-order valence-corrected chi connectivity index (χ1v) is 11.0. The van der Waals surface area contributed by atoms with E-state index in [0.717, 1.165) is 5.52 Å². The van der Waals surface area contributed by atoms with Crippen molar-refractivity contribution in [1.29, 1.82) is 0 Å². The van der Waals surface area contributed by atoms with E-state index in [2.05, 4.69) is 10.3 Å². The summed E-state index contributed by atoms with van der Waals surface area (Å²) in [5.41, 5.74) is 1.60. The number of sulfonamides is 1. The van der Waals surface area contributed by atoms with Gasteiger partial charge in [-0.2, -0.15) is 0 Å². The number of amides is 1. The van der Waals surface area contributed by atoms with Crippen molar-refractivity contribution in [2.45, 2.75) is 23.5 Å². The summed E-state index contributed by atoms with van der Waals surface area (Å²) in [5.74, 6) is -0.822. The van der Waals surface area contributed by atoms with Crippen molar-refractivity contribution in [1.82, 2.24) is 9.55 Å². The number of imidazole rings is 1. The standard InChI is InChI=1S/C17H16ClFN4O3S2/c1-2-23-15-6-4-11(28(20,25)26)8-14(15)22-17(23)27-9-16(24)21-10-3-5-13(19)12(18)7-10/h3-8H,2,9H2,1H3,(H,21,24)(H2,20,25,26). The molecule has 28 heavy (non-hydrogen) atoms. The average Bonchev–Trinajstić information content (AvgIpc) is 2.99. The number of hydrogen-bond acceptors (Lipinski definition) is 5. The number of nitrogens with one attached hydrogen (secondary N) is 1. The predicted octanol–water partition coefficient (Wildman–Crippen LogP) is 3.23. The van der Waals surface area contributed by atoms with Gasteiger partial charge in [0.05, 0.1) is 26.7 Å². The number of nitrogens with two attached hydrogens (primary N) is 1. The largest absolute Gasteiger partial charge is 0.325 e. The molecule has 1 amide bonds. The third-order valence-electron chi connectivity index (χ3n) is 3.87. The predicted molar refractivity (Wildman–Crippen MR) is 108 cm³/mol. The van der Waals surface area contributed by atoms with Crippen LogP contribution in [-0.2, 0) is 21.4 Å². The van der Waals surface area contributed by atoms with Crippen LogP contribution < -0.4 is 10.5 Å². The maximum absolute atomic E-state index is 13.2. The summed E-state index contributed by atoms with van der Waals surface area (Å²) in [6.07, 6.45) is 0. The van der Waals surface area contributed by atoms with Gasteiger partial charge in [-0.1, -0.05) is 23.4 Å². The van der Waals surface area contributed by atoms with E-state index in [0.29, 0.717) is 22.9 Å². The maximum Gasteiger partial charge on any atom is 0.238 e. The number of rotatable bonds is 6. The highest BCUT2D eigenvalue weighted by molar-refractivity contribution is 7.99. The molecule has 0 spiro atoms.